The Labute approximate surface area is 144 Å². The van der Waals surface area contributed by atoms with Crippen LogP contribution in [0.5, 0.6) is 5.75 Å². The van der Waals surface area contributed by atoms with Crippen molar-refractivity contribution in [3.8, 4) is 5.75 Å². The predicted octanol–water partition coefficient (Wildman–Crippen LogP) is 3.29. The lowest BCUT2D eigenvalue weighted by Gasteiger charge is -2.27. The van der Waals surface area contributed by atoms with E-state index in [9.17, 15) is 23.1 Å². The van der Waals surface area contributed by atoms with E-state index in [-0.39, 0.29) is 30.0 Å². The van der Waals surface area contributed by atoms with Crippen molar-refractivity contribution in [2.45, 2.75) is 57.0 Å². The number of alkyl halides is 3. The van der Waals surface area contributed by atoms with Gasteiger partial charge in [-0.25, -0.2) is 4.79 Å². The quantitative estimate of drug-likeness (QED) is 0.755. The fraction of sp³-hybridized carbons (Fsp3) is 0.588. The molecule has 1 aromatic rings. The minimum absolute atomic E-state index is 0.0498. The molecule has 1 aliphatic rings. The van der Waals surface area contributed by atoms with Gasteiger partial charge in [0.2, 0.25) is 0 Å². The van der Waals surface area contributed by atoms with Crippen LogP contribution in [0, 0.1) is 0 Å². The Morgan fingerprint density at radius 3 is 2.40 bits per heavy atom. The molecule has 8 heteroatoms. The number of urea groups is 1. The number of hydrogen-bond donors (Lipinski definition) is 3. The Hall–Kier alpha value is -1.96. The van der Waals surface area contributed by atoms with Crippen molar-refractivity contribution in [2.75, 3.05) is 6.61 Å². The zero-order valence-electron chi connectivity index (χ0n) is 14.0. The van der Waals surface area contributed by atoms with Gasteiger partial charge in [-0.15, -0.1) is 0 Å². The normalized spacial score (nSPS) is 22.1. The van der Waals surface area contributed by atoms with E-state index in [2.05, 4.69) is 15.4 Å². The number of carbonyl (C=O) groups is 1. The molecular weight excluding hydrogens is 337 g/mol. The highest BCUT2D eigenvalue weighted by Crippen LogP contribution is 2.21. The Kier molecular flexibility index (Phi) is 6.52. The summed E-state index contributed by atoms with van der Waals surface area (Å²) in [5, 5.41) is 15.1. The molecule has 0 bridgehead atoms. The van der Waals surface area contributed by atoms with Crippen LogP contribution in [0.15, 0.2) is 24.3 Å². The van der Waals surface area contributed by atoms with Gasteiger partial charge in [-0.3, -0.25) is 0 Å². The summed E-state index contributed by atoms with van der Waals surface area (Å²) in [4.78, 5) is 12.0. The molecule has 0 aliphatic heterocycles. The first-order valence-corrected chi connectivity index (χ1v) is 8.27. The van der Waals surface area contributed by atoms with Crippen molar-refractivity contribution in [2.24, 2.45) is 0 Å². The molecule has 1 saturated carbocycles. The molecule has 1 aromatic carbocycles. The summed E-state index contributed by atoms with van der Waals surface area (Å²) in [5.74, 6) is 0.124. The Balaban J connectivity index is 1.79. The molecule has 140 valence electrons. The largest absolute Gasteiger partial charge is 0.484 e. The first-order chi connectivity index (χ1) is 11.7. The van der Waals surface area contributed by atoms with Crippen LogP contribution in [0.4, 0.5) is 18.0 Å². The lowest BCUT2D eigenvalue weighted by atomic mass is 9.93. The maximum absolute atomic E-state index is 12.1. The lowest BCUT2D eigenvalue weighted by molar-refractivity contribution is -0.153. The molecule has 1 aliphatic carbocycles. The first-order valence-electron chi connectivity index (χ1n) is 8.27. The topological polar surface area (TPSA) is 70.6 Å². The van der Waals surface area contributed by atoms with E-state index in [0.29, 0.717) is 12.8 Å². The first kappa shape index (κ1) is 19.4. The number of aliphatic hydroxyl groups excluding tert-OH is 1. The van der Waals surface area contributed by atoms with Gasteiger partial charge in [-0.05, 0) is 50.3 Å². The molecule has 0 saturated heterocycles. The van der Waals surface area contributed by atoms with Crippen LogP contribution in [0.1, 0.15) is 44.2 Å². The number of carbonyl (C=O) groups excluding carboxylic acids is 1. The van der Waals surface area contributed by atoms with E-state index in [4.69, 9.17) is 0 Å². The summed E-state index contributed by atoms with van der Waals surface area (Å²) < 4.78 is 41.0. The third-order valence-electron chi connectivity index (χ3n) is 4.16. The third kappa shape index (κ3) is 6.81. The van der Waals surface area contributed by atoms with Crippen molar-refractivity contribution >= 4 is 6.03 Å². The number of ether oxygens (including phenoxy) is 1. The lowest BCUT2D eigenvalue weighted by Crippen LogP contribution is -2.44. The van der Waals surface area contributed by atoms with Crippen LogP contribution in [-0.2, 0) is 0 Å². The third-order valence-corrected chi connectivity index (χ3v) is 4.16. The Morgan fingerprint density at radius 1 is 1.24 bits per heavy atom. The van der Waals surface area contributed by atoms with Crippen LogP contribution < -0.4 is 15.4 Å². The molecular formula is C17H23F3N2O3. The predicted molar refractivity (Wildman–Crippen MR) is 86.3 cm³/mol. The molecule has 1 atom stereocenters. The van der Waals surface area contributed by atoms with Gasteiger partial charge in [0.25, 0.3) is 0 Å². The zero-order chi connectivity index (χ0) is 18.4. The molecule has 1 fully saturated rings. The van der Waals surface area contributed by atoms with Crippen LogP contribution >= 0.6 is 0 Å². The minimum atomic E-state index is -4.37. The molecule has 2 amide bonds. The standard InChI is InChI=1S/C17H23F3N2O3/c1-11(21-16(24)22-13-4-6-14(23)7-5-13)12-2-8-15(9-3-12)25-10-17(18,19)20/h2-3,8-9,11,13-14,23H,4-7,10H2,1H3,(H2,21,22,24)/t11-,13?,14?/m0/s1. The van der Waals surface area contributed by atoms with E-state index < -0.39 is 12.8 Å². The Morgan fingerprint density at radius 2 is 1.84 bits per heavy atom. The number of rotatable bonds is 5. The molecule has 0 unspecified atom stereocenters. The maximum Gasteiger partial charge on any atom is 0.422 e. The van der Waals surface area contributed by atoms with Gasteiger partial charge in [0.05, 0.1) is 12.1 Å². The SMILES string of the molecule is C[C@H](NC(=O)NC1CCC(O)CC1)c1ccc(OCC(F)(F)F)cc1. The highest BCUT2D eigenvalue weighted by Gasteiger charge is 2.28. The van der Waals surface area contributed by atoms with Crippen molar-refractivity contribution in [3.05, 3.63) is 29.8 Å². The second-order valence-electron chi connectivity index (χ2n) is 6.32. The van der Waals surface area contributed by atoms with Crippen molar-refractivity contribution in [1.82, 2.24) is 10.6 Å². The molecule has 0 spiro atoms. The molecule has 25 heavy (non-hydrogen) atoms. The number of nitrogens with one attached hydrogen (secondary N) is 2. The van der Waals surface area contributed by atoms with Gasteiger partial charge in [0.1, 0.15) is 5.75 Å². The summed E-state index contributed by atoms with van der Waals surface area (Å²) in [6.07, 6.45) is -1.80. The fourth-order valence-corrected chi connectivity index (χ4v) is 2.75. The highest BCUT2D eigenvalue weighted by atomic mass is 19.4. The van der Waals surface area contributed by atoms with Crippen molar-refractivity contribution in [3.63, 3.8) is 0 Å². The average Bonchev–Trinajstić information content (AvgIpc) is 2.55. The second-order valence-corrected chi connectivity index (χ2v) is 6.32. The second kappa shape index (κ2) is 8.42. The molecule has 2 rings (SSSR count). The summed E-state index contributed by atoms with van der Waals surface area (Å²) in [6, 6.07) is 5.58. The van der Waals surface area contributed by atoms with Crippen LogP contribution in [-0.4, -0.2) is 36.1 Å². The highest BCUT2D eigenvalue weighted by molar-refractivity contribution is 5.74. The van der Waals surface area contributed by atoms with E-state index in [0.717, 1.165) is 18.4 Å². The fourth-order valence-electron chi connectivity index (χ4n) is 2.75. The van der Waals surface area contributed by atoms with Crippen molar-refractivity contribution < 1.29 is 27.8 Å². The Bertz CT molecular complexity index is 555. The molecule has 0 radical (unpaired) electrons. The molecule has 5 nitrogen and oxygen atoms in total. The van der Waals surface area contributed by atoms with Crippen LogP contribution in [0.3, 0.4) is 0 Å². The van der Waals surface area contributed by atoms with E-state index >= 15 is 0 Å². The van der Waals surface area contributed by atoms with E-state index in [1.165, 1.54) is 12.1 Å². The monoisotopic (exact) mass is 360 g/mol. The summed E-state index contributed by atoms with van der Waals surface area (Å²) in [6.45, 7) is 0.453. The van der Waals surface area contributed by atoms with Crippen LogP contribution in [0.2, 0.25) is 0 Å². The van der Waals surface area contributed by atoms with E-state index in [1.807, 2.05) is 0 Å². The number of amides is 2. The van der Waals surface area contributed by atoms with E-state index in [1.54, 1.807) is 19.1 Å². The van der Waals surface area contributed by atoms with Gasteiger partial charge in [-0.2, -0.15) is 13.2 Å². The number of halogens is 3. The molecule has 0 aromatic heterocycles. The van der Waals surface area contributed by atoms with Crippen molar-refractivity contribution in [1.29, 1.82) is 0 Å². The summed E-state index contributed by atoms with van der Waals surface area (Å²) in [5.41, 5.74) is 0.758. The maximum atomic E-state index is 12.1. The van der Waals surface area contributed by atoms with Gasteiger partial charge in [-0.1, -0.05) is 12.1 Å². The average molecular weight is 360 g/mol. The number of aliphatic hydroxyl groups is 1. The van der Waals surface area contributed by atoms with Gasteiger partial charge >= 0.3 is 12.2 Å². The van der Waals surface area contributed by atoms with Gasteiger partial charge in [0.15, 0.2) is 6.61 Å². The molecule has 3 N–H and O–H groups in total. The summed E-state index contributed by atoms with van der Waals surface area (Å²) >= 11 is 0. The molecule has 0 heterocycles. The number of hydrogen-bond acceptors (Lipinski definition) is 3. The smallest absolute Gasteiger partial charge is 0.422 e. The zero-order valence-corrected chi connectivity index (χ0v) is 14.0. The van der Waals surface area contributed by atoms with Gasteiger partial charge < -0.3 is 20.5 Å². The minimum Gasteiger partial charge on any atom is -0.484 e. The van der Waals surface area contributed by atoms with Crippen LogP contribution in [0.25, 0.3) is 0 Å². The number of benzene rings is 1. The summed E-state index contributed by atoms with van der Waals surface area (Å²) in [7, 11) is 0. The van der Waals surface area contributed by atoms with Gasteiger partial charge in [0, 0.05) is 6.04 Å².